The largest absolute Gasteiger partial charge is 1.00 e. The van der Waals surface area contributed by atoms with E-state index in [-0.39, 0.29) is 51.4 Å². The molecule has 0 fully saturated rings. The quantitative estimate of drug-likeness (QED) is 0.505. The Balaban J connectivity index is 0.00000144. The standard InChI is InChI=1S/C10H17OSi.K/c1-12(2,3)11-9-8-10-6-4-5-7-10;/h4-7H,8-9H2,1-3H3;/q-1;+1. The third-order valence-electron chi connectivity index (χ3n) is 1.66. The van der Waals surface area contributed by atoms with E-state index in [2.05, 4.69) is 43.9 Å². The molecule has 13 heavy (non-hydrogen) atoms. The summed E-state index contributed by atoms with van der Waals surface area (Å²) in [4.78, 5) is 0. The predicted octanol–water partition coefficient (Wildman–Crippen LogP) is -0.197. The molecular weight excluding hydrogens is 203 g/mol. The van der Waals surface area contributed by atoms with Crippen LogP contribution in [0.15, 0.2) is 24.3 Å². The SMILES string of the molecule is C[Si](C)(C)OCC[c-]1cccc1.[K+]. The average molecular weight is 220 g/mol. The van der Waals surface area contributed by atoms with E-state index in [9.17, 15) is 0 Å². The summed E-state index contributed by atoms with van der Waals surface area (Å²) in [5.74, 6) is 0. The molecule has 0 N–H and O–H groups in total. The van der Waals surface area contributed by atoms with Crippen LogP contribution in [-0.4, -0.2) is 14.9 Å². The van der Waals surface area contributed by atoms with E-state index in [0.29, 0.717) is 0 Å². The van der Waals surface area contributed by atoms with Gasteiger partial charge in [0.25, 0.3) is 0 Å². The molecule has 0 aliphatic carbocycles. The Morgan fingerprint density at radius 1 is 1.15 bits per heavy atom. The first-order valence-corrected chi connectivity index (χ1v) is 7.83. The summed E-state index contributed by atoms with van der Waals surface area (Å²) in [6.45, 7) is 7.54. The Labute approximate surface area is 125 Å². The van der Waals surface area contributed by atoms with Crippen molar-refractivity contribution < 1.29 is 55.8 Å². The maximum absolute atomic E-state index is 5.74. The number of rotatable bonds is 4. The summed E-state index contributed by atoms with van der Waals surface area (Å²) >= 11 is 0. The van der Waals surface area contributed by atoms with Gasteiger partial charge < -0.3 is 4.43 Å². The normalized spacial score (nSPS) is 11.0. The first-order chi connectivity index (χ1) is 5.58. The Morgan fingerprint density at radius 3 is 2.15 bits per heavy atom. The fourth-order valence-electron chi connectivity index (χ4n) is 1.06. The van der Waals surface area contributed by atoms with Gasteiger partial charge >= 0.3 is 51.4 Å². The van der Waals surface area contributed by atoms with E-state index in [1.807, 2.05) is 0 Å². The molecule has 1 aromatic rings. The Hall–Kier alpha value is 1.16. The minimum atomic E-state index is -1.29. The van der Waals surface area contributed by atoms with E-state index in [1.54, 1.807) is 0 Å². The molecule has 0 radical (unpaired) electrons. The van der Waals surface area contributed by atoms with Crippen LogP contribution in [0.25, 0.3) is 0 Å². The van der Waals surface area contributed by atoms with Crippen LogP contribution in [0.2, 0.25) is 19.6 Å². The maximum Gasteiger partial charge on any atom is 1.00 e. The van der Waals surface area contributed by atoms with Gasteiger partial charge in [-0.2, -0.15) is 17.7 Å². The summed E-state index contributed by atoms with van der Waals surface area (Å²) in [6, 6.07) is 8.44. The zero-order valence-corrected chi connectivity index (χ0v) is 13.3. The Kier molecular flexibility index (Phi) is 7.20. The minimum absolute atomic E-state index is 0. The van der Waals surface area contributed by atoms with Gasteiger partial charge in [0.2, 0.25) is 0 Å². The van der Waals surface area contributed by atoms with Crippen LogP contribution < -0.4 is 51.4 Å². The van der Waals surface area contributed by atoms with Crippen LogP contribution in [0, 0.1) is 0 Å². The van der Waals surface area contributed by atoms with Gasteiger partial charge in [0.05, 0.1) is 0 Å². The number of hydrogen-bond donors (Lipinski definition) is 0. The van der Waals surface area contributed by atoms with Crippen molar-refractivity contribution in [1.29, 1.82) is 0 Å². The minimum Gasteiger partial charge on any atom is -0.418 e. The molecule has 1 nitrogen and oxygen atoms in total. The molecule has 0 heterocycles. The monoisotopic (exact) mass is 220 g/mol. The summed E-state index contributed by atoms with van der Waals surface area (Å²) in [6.07, 6.45) is 1.05. The molecule has 0 aromatic heterocycles. The molecule has 0 spiro atoms. The van der Waals surface area contributed by atoms with Crippen molar-refractivity contribution in [3.63, 3.8) is 0 Å². The van der Waals surface area contributed by atoms with Crippen LogP contribution in [0.5, 0.6) is 0 Å². The Morgan fingerprint density at radius 2 is 1.69 bits per heavy atom. The van der Waals surface area contributed by atoms with Gasteiger partial charge in [0.1, 0.15) is 0 Å². The van der Waals surface area contributed by atoms with Crippen molar-refractivity contribution in [2.24, 2.45) is 0 Å². The molecule has 0 bridgehead atoms. The van der Waals surface area contributed by atoms with Crippen LogP contribution in [-0.2, 0) is 10.8 Å². The van der Waals surface area contributed by atoms with Crippen LogP contribution >= 0.6 is 0 Å². The van der Waals surface area contributed by atoms with Gasteiger partial charge in [-0.05, 0) is 19.6 Å². The Bertz CT molecular complexity index is 213. The van der Waals surface area contributed by atoms with E-state index in [1.165, 1.54) is 5.56 Å². The zero-order valence-electron chi connectivity index (χ0n) is 9.13. The second-order valence-electron chi connectivity index (χ2n) is 4.00. The van der Waals surface area contributed by atoms with E-state index < -0.39 is 8.32 Å². The molecule has 3 heteroatoms. The van der Waals surface area contributed by atoms with E-state index in [4.69, 9.17) is 4.43 Å². The third kappa shape index (κ3) is 7.13. The van der Waals surface area contributed by atoms with Crippen molar-refractivity contribution >= 4 is 8.32 Å². The van der Waals surface area contributed by atoms with Crippen molar-refractivity contribution in [3.8, 4) is 0 Å². The molecule has 0 aliphatic rings. The molecule has 1 rings (SSSR count). The van der Waals surface area contributed by atoms with E-state index >= 15 is 0 Å². The van der Waals surface area contributed by atoms with Crippen LogP contribution in [0.3, 0.4) is 0 Å². The smallest absolute Gasteiger partial charge is 0.418 e. The summed E-state index contributed by atoms with van der Waals surface area (Å²) < 4.78 is 5.74. The number of hydrogen-bond acceptors (Lipinski definition) is 1. The van der Waals surface area contributed by atoms with Gasteiger partial charge in [0, 0.05) is 6.61 Å². The van der Waals surface area contributed by atoms with Gasteiger partial charge in [-0.25, -0.2) is 12.1 Å². The maximum atomic E-state index is 5.74. The molecular formula is C10H17KOSi. The molecule has 0 atom stereocenters. The van der Waals surface area contributed by atoms with Crippen LogP contribution in [0.1, 0.15) is 5.56 Å². The zero-order chi connectivity index (χ0) is 9.03. The van der Waals surface area contributed by atoms with E-state index in [0.717, 1.165) is 13.0 Å². The molecule has 68 valence electrons. The average Bonchev–Trinajstić information content (AvgIpc) is 2.36. The summed E-state index contributed by atoms with van der Waals surface area (Å²) in [7, 11) is -1.29. The predicted molar refractivity (Wildman–Crippen MR) is 55.0 cm³/mol. The molecule has 0 amide bonds. The van der Waals surface area contributed by atoms with Crippen molar-refractivity contribution in [2.75, 3.05) is 6.61 Å². The molecule has 0 aliphatic heterocycles. The first kappa shape index (κ1) is 14.2. The van der Waals surface area contributed by atoms with Gasteiger partial charge in [-0.15, -0.1) is 0 Å². The fourth-order valence-corrected chi connectivity index (χ4v) is 1.77. The topological polar surface area (TPSA) is 9.23 Å². The van der Waals surface area contributed by atoms with Gasteiger partial charge in [-0.3, -0.25) is 0 Å². The van der Waals surface area contributed by atoms with Crippen molar-refractivity contribution in [3.05, 3.63) is 29.8 Å². The second kappa shape index (κ2) is 6.61. The summed E-state index contributed by atoms with van der Waals surface area (Å²) in [5, 5.41) is 0. The summed E-state index contributed by atoms with van der Waals surface area (Å²) in [5.41, 5.74) is 1.38. The van der Waals surface area contributed by atoms with Crippen molar-refractivity contribution in [2.45, 2.75) is 26.1 Å². The second-order valence-corrected chi connectivity index (χ2v) is 8.52. The molecule has 0 saturated carbocycles. The molecule has 0 saturated heterocycles. The first-order valence-electron chi connectivity index (χ1n) is 4.42. The molecule has 1 aromatic carbocycles. The molecule has 0 unspecified atom stereocenters. The van der Waals surface area contributed by atoms with Crippen LogP contribution in [0.4, 0.5) is 0 Å². The van der Waals surface area contributed by atoms with Gasteiger partial charge in [-0.1, -0.05) is 6.42 Å². The van der Waals surface area contributed by atoms with Crippen molar-refractivity contribution in [1.82, 2.24) is 0 Å². The third-order valence-corrected chi connectivity index (χ3v) is 2.73. The fraction of sp³-hybridized carbons (Fsp3) is 0.500. The van der Waals surface area contributed by atoms with Gasteiger partial charge in [0.15, 0.2) is 8.32 Å².